The minimum Gasteiger partial charge on any atom is -0.454 e. The Morgan fingerprint density at radius 2 is 1.43 bits per heavy atom. The molecule has 1 fully saturated rings. The summed E-state index contributed by atoms with van der Waals surface area (Å²) < 4.78 is 14.9. The molecule has 3 aliphatic heterocycles. The molecule has 0 radical (unpaired) electrons. The third kappa shape index (κ3) is 7.63. The molecule has 14 heteroatoms. The van der Waals surface area contributed by atoms with E-state index in [9.17, 15) is 24.0 Å². The molecule has 3 atom stereocenters. The van der Waals surface area contributed by atoms with E-state index in [-0.39, 0.29) is 26.2 Å². The molecule has 5 N–H and O–H groups in total. The molecule has 0 saturated carbocycles. The van der Waals surface area contributed by atoms with Crippen molar-refractivity contribution < 1.29 is 23.9 Å². The molecule has 4 heterocycles. The Morgan fingerprint density at radius 1 is 0.792 bits per heavy atom. The lowest BCUT2D eigenvalue weighted by molar-refractivity contribution is -0.133. The van der Waals surface area contributed by atoms with E-state index in [1.807, 2.05) is 60.7 Å². The number of fused-ring (bicyclic) bond motifs is 3. The van der Waals surface area contributed by atoms with E-state index in [0.717, 1.165) is 15.7 Å². The van der Waals surface area contributed by atoms with Crippen LogP contribution < -0.4 is 42.5 Å². The van der Waals surface area contributed by atoms with Gasteiger partial charge in [0.25, 0.3) is 0 Å². The molecule has 1 saturated heterocycles. The number of nitrogens with two attached hydrogens (primary N) is 1. The molecule has 3 aliphatic rings. The highest BCUT2D eigenvalue weighted by molar-refractivity contribution is 5.92. The first kappa shape index (κ1) is 35.8. The molecule has 53 heavy (non-hydrogen) atoms. The number of carbonyl (C=O) groups is 3. The Kier molecular flexibility index (Phi) is 10.5. The van der Waals surface area contributed by atoms with Gasteiger partial charge < -0.3 is 31.2 Å². The van der Waals surface area contributed by atoms with E-state index in [1.54, 1.807) is 18.2 Å². The number of ether oxygens (including phenoxy) is 2. The van der Waals surface area contributed by atoms with E-state index in [0.29, 0.717) is 68.7 Å². The lowest BCUT2D eigenvalue weighted by Crippen LogP contribution is -2.58. The molecule has 0 aliphatic carbocycles. The third-order valence-electron chi connectivity index (χ3n) is 10.7. The van der Waals surface area contributed by atoms with Crippen molar-refractivity contribution in [3.05, 3.63) is 117 Å². The van der Waals surface area contributed by atoms with E-state index in [4.69, 9.17) is 15.2 Å². The summed E-state index contributed by atoms with van der Waals surface area (Å²) in [6.07, 6.45) is 3.52. The standard InChI is InChI=1S/C39H45N7O7/c40-34(47)29(14-11-26-7-3-1-4-8-26)42-35(48)30(15-12-27-9-5-2-6-10-27)43-36(49)31-17-18-39(19-21-41-22-20-39)46-38(51)44(37(50)45(31)46)24-28-13-16-32-33(23-28)53-25-52-32/h1-10,13,16,23,29-31,41H,11-12,14-15,17-22,24-25H2,(H2,40,47)(H,42,48)(H,43,49)/t29-,30-,31?/m1/s1. The Morgan fingerprint density at radius 3 is 2.09 bits per heavy atom. The van der Waals surface area contributed by atoms with Gasteiger partial charge in [-0.15, -0.1) is 0 Å². The van der Waals surface area contributed by atoms with Crippen molar-refractivity contribution in [3.63, 3.8) is 0 Å². The molecule has 278 valence electrons. The van der Waals surface area contributed by atoms with Gasteiger partial charge in [-0.05, 0) is 93.3 Å². The van der Waals surface area contributed by atoms with Crippen LogP contribution in [-0.2, 0) is 39.3 Å². The predicted octanol–water partition coefficient (Wildman–Crippen LogP) is 1.72. The lowest BCUT2D eigenvalue weighted by atomic mass is 9.81. The average Bonchev–Trinajstić information content (AvgIpc) is 3.75. The maximum absolute atomic E-state index is 14.3. The molecule has 3 aromatic carbocycles. The van der Waals surface area contributed by atoms with Crippen LogP contribution in [-0.4, -0.2) is 63.6 Å². The van der Waals surface area contributed by atoms with E-state index >= 15 is 0 Å². The van der Waals surface area contributed by atoms with E-state index in [2.05, 4.69) is 16.0 Å². The van der Waals surface area contributed by atoms with Crippen LogP contribution in [0.25, 0.3) is 0 Å². The first-order valence-electron chi connectivity index (χ1n) is 18.2. The molecule has 1 spiro atoms. The number of carbonyl (C=O) groups excluding carboxylic acids is 3. The molecule has 1 unspecified atom stereocenters. The normalized spacial score (nSPS) is 18.2. The molecule has 14 nitrogen and oxygen atoms in total. The predicted molar refractivity (Wildman–Crippen MR) is 196 cm³/mol. The fourth-order valence-corrected chi connectivity index (χ4v) is 7.79. The Bertz CT molecular complexity index is 2070. The van der Waals surface area contributed by atoms with Crippen molar-refractivity contribution in [2.24, 2.45) is 5.73 Å². The van der Waals surface area contributed by atoms with Gasteiger partial charge in [0.2, 0.25) is 24.5 Å². The number of rotatable bonds is 13. The minimum atomic E-state index is -1.05. The average molecular weight is 724 g/mol. The molecule has 0 bridgehead atoms. The Hall–Kier alpha value is -5.63. The zero-order valence-corrected chi connectivity index (χ0v) is 29.5. The largest absolute Gasteiger partial charge is 0.454 e. The quantitative estimate of drug-likeness (QED) is 0.161. The van der Waals surface area contributed by atoms with Gasteiger partial charge in [-0.3, -0.25) is 14.4 Å². The number of benzene rings is 3. The van der Waals surface area contributed by atoms with Gasteiger partial charge in [0, 0.05) is 0 Å². The third-order valence-corrected chi connectivity index (χ3v) is 10.7. The topological polar surface area (TPSA) is 181 Å². The van der Waals surface area contributed by atoms with E-state index < -0.39 is 52.8 Å². The maximum atomic E-state index is 14.3. The fourth-order valence-electron chi connectivity index (χ4n) is 7.79. The number of hydrogen-bond acceptors (Lipinski definition) is 8. The van der Waals surface area contributed by atoms with Crippen LogP contribution in [0, 0.1) is 0 Å². The van der Waals surface area contributed by atoms with Crippen molar-refractivity contribution in [3.8, 4) is 11.5 Å². The van der Waals surface area contributed by atoms with E-state index in [1.165, 1.54) is 9.36 Å². The molecule has 7 rings (SSSR count). The molecule has 1 aromatic heterocycles. The van der Waals surface area contributed by atoms with Gasteiger partial charge in [-0.1, -0.05) is 66.7 Å². The first-order chi connectivity index (χ1) is 25.7. The highest BCUT2D eigenvalue weighted by Crippen LogP contribution is 2.38. The smallest absolute Gasteiger partial charge is 0.348 e. The van der Waals surface area contributed by atoms with Crippen LogP contribution in [0.4, 0.5) is 0 Å². The number of aryl methyl sites for hydroxylation is 2. The highest BCUT2D eigenvalue weighted by Gasteiger charge is 2.46. The van der Waals surface area contributed by atoms with Crippen molar-refractivity contribution in [1.29, 1.82) is 0 Å². The number of primary amides is 1. The number of hydrogen-bond donors (Lipinski definition) is 4. The monoisotopic (exact) mass is 723 g/mol. The van der Waals surface area contributed by atoms with Crippen LogP contribution in [0.1, 0.15) is 61.3 Å². The number of piperidine rings is 1. The number of nitrogens with zero attached hydrogens (tertiary/aromatic N) is 3. The van der Waals surface area contributed by atoms with Crippen LogP contribution in [0.15, 0.2) is 88.5 Å². The molecular formula is C39H45N7O7. The van der Waals surface area contributed by atoms with Gasteiger partial charge in [0.05, 0.1) is 12.1 Å². The summed E-state index contributed by atoms with van der Waals surface area (Å²) in [4.78, 5) is 69.3. The first-order valence-corrected chi connectivity index (χ1v) is 18.2. The number of aromatic nitrogens is 3. The van der Waals surface area contributed by atoms with Crippen LogP contribution in [0.2, 0.25) is 0 Å². The summed E-state index contributed by atoms with van der Waals surface area (Å²) in [6.45, 7) is 1.40. The van der Waals surface area contributed by atoms with Gasteiger partial charge in [-0.25, -0.2) is 23.5 Å². The van der Waals surface area contributed by atoms with Crippen LogP contribution in [0.3, 0.4) is 0 Å². The van der Waals surface area contributed by atoms with Crippen molar-refractivity contribution in [2.45, 2.75) is 81.6 Å². The molecule has 4 aromatic rings. The zero-order valence-electron chi connectivity index (χ0n) is 29.5. The molecular weight excluding hydrogens is 678 g/mol. The van der Waals surface area contributed by atoms with Crippen molar-refractivity contribution >= 4 is 17.7 Å². The zero-order chi connectivity index (χ0) is 37.0. The van der Waals surface area contributed by atoms with Crippen LogP contribution >= 0.6 is 0 Å². The second kappa shape index (κ2) is 15.5. The van der Waals surface area contributed by atoms with Gasteiger partial charge in [0.15, 0.2) is 11.5 Å². The second-order valence-corrected chi connectivity index (χ2v) is 14.1. The Labute approximate surface area is 306 Å². The summed E-state index contributed by atoms with van der Waals surface area (Å²) in [7, 11) is 0. The Balaban J connectivity index is 1.17. The lowest BCUT2D eigenvalue weighted by Gasteiger charge is -2.44. The van der Waals surface area contributed by atoms with Gasteiger partial charge in [-0.2, -0.15) is 0 Å². The second-order valence-electron chi connectivity index (χ2n) is 14.1. The highest BCUT2D eigenvalue weighted by atomic mass is 16.7. The summed E-state index contributed by atoms with van der Waals surface area (Å²) in [6, 6.07) is 21.3. The minimum absolute atomic E-state index is 0.0242. The number of nitrogens with one attached hydrogen (secondary N) is 3. The SMILES string of the molecule is NC(=O)[C@@H](CCc1ccccc1)NC(=O)[C@@H](CCc1ccccc1)NC(=O)C1CCC2(CCNCC2)n2c(=O)n(Cc3ccc4c(c3)OCO4)c(=O)n21. The van der Waals surface area contributed by atoms with Crippen molar-refractivity contribution in [2.75, 3.05) is 19.9 Å². The van der Waals surface area contributed by atoms with Crippen molar-refractivity contribution in [1.82, 2.24) is 29.9 Å². The summed E-state index contributed by atoms with van der Waals surface area (Å²) in [5.41, 5.74) is 6.63. The maximum Gasteiger partial charge on any atom is 0.348 e. The summed E-state index contributed by atoms with van der Waals surface area (Å²) in [5, 5.41) is 9.04. The summed E-state index contributed by atoms with van der Waals surface area (Å²) >= 11 is 0. The fraction of sp³-hybridized carbons (Fsp3) is 0.410. The van der Waals surface area contributed by atoms with Gasteiger partial charge in [0.1, 0.15) is 18.1 Å². The summed E-state index contributed by atoms with van der Waals surface area (Å²) in [5.74, 6) is -0.671. The number of amides is 3. The molecule has 3 amide bonds. The van der Waals surface area contributed by atoms with Crippen LogP contribution in [0.5, 0.6) is 11.5 Å². The van der Waals surface area contributed by atoms with Gasteiger partial charge >= 0.3 is 11.4 Å².